The molecule has 0 aliphatic heterocycles. The normalized spacial score (nSPS) is 13.0. The van der Waals surface area contributed by atoms with E-state index in [0.717, 1.165) is 6.07 Å². The van der Waals surface area contributed by atoms with Crippen molar-refractivity contribution in [2.75, 3.05) is 0 Å². The molecule has 8 heteroatoms. The fourth-order valence-electron chi connectivity index (χ4n) is 2.17. The predicted molar refractivity (Wildman–Crippen MR) is 77.1 cm³/mol. The molecule has 0 heterocycles. The maximum Gasteiger partial charge on any atom is 0.309 e. The zero-order chi connectivity index (χ0) is 16.4. The van der Waals surface area contributed by atoms with Crippen molar-refractivity contribution in [2.45, 2.75) is 38.1 Å². The van der Waals surface area contributed by atoms with Gasteiger partial charge in [0.1, 0.15) is 0 Å². The summed E-state index contributed by atoms with van der Waals surface area (Å²) in [6, 6.07) is 0.438. The number of benzene rings is 1. The van der Waals surface area contributed by atoms with E-state index in [1.165, 1.54) is 13.8 Å². The SMILES string of the molecule is C=CCC(C)NS(=O)(=O)c1c(C)cc(F)c([N+](=O)[O-])c1C. The fourth-order valence-corrected chi connectivity index (χ4v) is 3.89. The third-order valence-electron chi connectivity index (χ3n) is 2.95. The van der Waals surface area contributed by atoms with Gasteiger partial charge in [0.2, 0.25) is 15.8 Å². The molecule has 6 nitrogen and oxygen atoms in total. The van der Waals surface area contributed by atoms with Gasteiger partial charge in [-0.15, -0.1) is 6.58 Å². The van der Waals surface area contributed by atoms with E-state index < -0.39 is 32.5 Å². The Hall–Kier alpha value is -1.80. The lowest BCUT2D eigenvalue weighted by atomic mass is 10.1. The molecule has 0 fully saturated rings. The minimum absolute atomic E-state index is 0.119. The van der Waals surface area contributed by atoms with Gasteiger partial charge in [-0.2, -0.15) is 4.39 Å². The molecular formula is C13H17FN2O4S. The Kier molecular flexibility index (Phi) is 5.19. The van der Waals surface area contributed by atoms with E-state index in [4.69, 9.17) is 0 Å². The largest absolute Gasteiger partial charge is 0.309 e. The molecule has 0 saturated heterocycles. The topological polar surface area (TPSA) is 89.3 Å². The van der Waals surface area contributed by atoms with Crippen LogP contribution < -0.4 is 4.72 Å². The van der Waals surface area contributed by atoms with Crippen molar-refractivity contribution in [2.24, 2.45) is 0 Å². The maximum absolute atomic E-state index is 13.6. The van der Waals surface area contributed by atoms with Gasteiger partial charge in [0, 0.05) is 6.04 Å². The average molecular weight is 316 g/mol. The second kappa shape index (κ2) is 6.31. The Morgan fingerprint density at radius 3 is 2.57 bits per heavy atom. The van der Waals surface area contributed by atoms with Gasteiger partial charge in [0.05, 0.1) is 15.4 Å². The predicted octanol–water partition coefficient (Wildman–Crippen LogP) is 2.59. The molecule has 0 aliphatic carbocycles. The first-order valence-corrected chi connectivity index (χ1v) is 7.67. The number of hydrogen-bond acceptors (Lipinski definition) is 4. The number of aryl methyl sites for hydroxylation is 1. The number of nitro benzene ring substituents is 1. The minimum atomic E-state index is -3.98. The van der Waals surface area contributed by atoms with Crippen molar-refractivity contribution in [1.29, 1.82) is 0 Å². The summed E-state index contributed by atoms with van der Waals surface area (Å²) in [6.07, 6.45) is 1.96. The molecule has 0 aromatic heterocycles. The summed E-state index contributed by atoms with van der Waals surface area (Å²) in [6.45, 7) is 7.77. The molecule has 21 heavy (non-hydrogen) atoms. The van der Waals surface area contributed by atoms with Crippen LogP contribution >= 0.6 is 0 Å². The number of nitro groups is 1. The first kappa shape index (κ1) is 17.3. The number of rotatable bonds is 6. The molecule has 1 aromatic rings. The van der Waals surface area contributed by atoms with Crippen molar-refractivity contribution >= 4 is 15.7 Å². The van der Waals surface area contributed by atoms with E-state index in [9.17, 15) is 22.9 Å². The van der Waals surface area contributed by atoms with Crippen LogP contribution in [0.25, 0.3) is 0 Å². The van der Waals surface area contributed by atoms with Crippen LogP contribution in [-0.4, -0.2) is 19.4 Å². The molecule has 0 amide bonds. The van der Waals surface area contributed by atoms with Crippen molar-refractivity contribution < 1.29 is 17.7 Å². The lowest BCUT2D eigenvalue weighted by Crippen LogP contribution is -2.33. The number of hydrogen-bond donors (Lipinski definition) is 1. The van der Waals surface area contributed by atoms with Gasteiger partial charge in [-0.3, -0.25) is 10.1 Å². The standard InChI is InChI=1S/C13H17FN2O4S/c1-5-6-9(3)15-21(19,20)13-8(2)7-11(14)12(10(13)4)16(17)18/h5,7,9,15H,1,6H2,2-4H3. The van der Waals surface area contributed by atoms with Crippen LogP contribution in [0, 0.1) is 29.8 Å². The minimum Gasteiger partial charge on any atom is -0.258 e. The van der Waals surface area contributed by atoms with Gasteiger partial charge < -0.3 is 0 Å². The summed E-state index contributed by atoms with van der Waals surface area (Å²) in [5.41, 5.74) is -0.915. The molecule has 1 aromatic carbocycles. The number of sulfonamides is 1. The summed E-state index contributed by atoms with van der Waals surface area (Å²) in [4.78, 5) is 9.72. The van der Waals surface area contributed by atoms with Crippen LogP contribution in [0.3, 0.4) is 0 Å². The van der Waals surface area contributed by atoms with Gasteiger partial charge in [-0.25, -0.2) is 13.1 Å². The van der Waals surface area contributed by atoms with Gasteiger partial charge in [-0.05, 0) is 38.8 Å². The lowest BCUT2D eigenvalue weighted by molar-refractivity contribution is -0.388. The van der Waals surface area contributed by atoms with Gasteiger partial charge in [0.15, 0.2) is 0 Å². The van der Waals surface area contributed by atoms with E-state index in [2.05, 4.69) is 11.3 Å². The van der Waals surface area contributed by atoms with E-state index in [1.807, 2.05) is 0 Å². The summed E-state index contributed by atoms with van der Waals surface area (Å²) in [5.74, 6) is -1.05. The molecule has 1 unspecified atom stereocenters. The Bertz CT molecular complexity index is 686. The fraction of sp³-hybridized carbons (Fsp3) is 0.385. The van der Waals surface area contributed by atoms with Crippen molar-refractivity contribution in [3.63, 3.8) is 0 Å². The summed E-state index contributed by atoms with van der Waals surface area (Å²) >= 11 is 0. The quantitative estimate of drug-likeness (QED) is 0.496. The molecule has 116 valence electrons. The summed E-state index contributed by atoms with van der Waals surface area (Å²) < 4.78 is 40.7. The van der Waals surface area contributed by atoms with E-state index in [1.54, 1.807) is 13.0 Å². The monoisotopic (exact) mass is 316 g/mol. The second-order valence-corrected chi connectivity index (χ2v) is 6.43. The maximum atomic E-state index is 13.6. The Labute approximate surface area is 122 Å². The molecule has 1 rings (SSSR count). The molecular weight excluding hydrogens is 299 g/mol. The van der Waals surface area contributed by atoms with Crippen molar-refractivity contribution in [3.8, 4) is 0 Å². The third-order valence-corrected chi connectivity index (χ3v) is 4.83. The molecule has 0 spiro atoms. The van der Waals surface area contributed by atoms with Crippen molar-refractivity contribution in [1.82, 2.24) is 4.72 Å². The zero-order valence-electron chi connectivity index (χ0n) is 12.0. The van der Waals surface area contributed by atoms with Crippen molar-refractivity contribution in [3.05, 3.63) is 45.8 Å². The highest BCUT2D eigenvalue weighted by molar-refractivity contribution is 7.89. The molecule has 0 aliphatic rings. The highest BCUT2D eigenvalue weighted by Crippen LogP contribution is 2.31. The molecule has 0 bridgehead atoms. The molecule has 1 N–H and O–H groups in total. The average Bonchev–Trinajstić information content (AvgIpc) is 2.25. The Morgan fingerprint density at radius 2 is 2.10 bits per heavy atom. The third kappa shape index (κ3) is 3.64. The van der Waals surface area contributed by atoms with Crippen LogP contribution in [0.2, 0.25) is 0 Å². The van der Waals surface area contributed by atoms with Gasteiger partial charge >= 0.3 is 5.69 Å². The molecule has 1 atom stereocenters. The summed E-state index contributed by atoms with van der Waals surface area (Å²) in [5, 5.41) is 10.9. The summed E-state index contributed by atoms with van der Waals surface area (Å²) in [7, 11) is -3.98. The smallest absolute Gasteiger partial charge is 0.258 e. The van der Waals surface area contributed by atoms with Gasteiger partial charge in [-0.1, -0.05) is 6.08 Å². The van der Waals surface area contributed by atoms with Crippen LogP contribution in [0.1, 0.15) is 24.5 Å². The Balaban J connectivity index is 3.46. The highest BCUT2D eigenvalue weighted by Gasteiger charge is 2.29. The van der Waals surface area contributed by atoms with E-state index >= 15 is 0 Å². The van der Waals surface area contributed by atoms with Crippen LogP contribution in [0.5, 0.6) is 0 Å². The first-order valence-electron chi connectivity index (χ1n) is 6.19. The molecule has 0 saturated carbocycles. The first-order chi connectivity index (χ1) is 9.61. The number of nitrogens with zero attached hydrogens (tertiary/aromatic N) is 1. The Morgan fingerprint density at radius 1 is 1.52 bits per heavy atom. The zero-order valence-corrected chi connectivity index (χ0v) is 12.8. The van der Waals surface area contributed by atoms with Crippen LogP contribution in [-0.2, 0) is 10.0 Å². The van der Waals surface area contributed by atoms with Crippen LogP contribution in [0.4, 0.5) is 10.1 Å². The lowest BCUT2D eigenvalue weighted by Gasteiger charge is -2.16. The number of halogens is 1. The van der Waals surface area contributed by atoms with E-state index in [-0.39, 0.29) is 16.0 Å². The second-order valence-electron chi connectivity index (χ2n) is 4.78. The van der Waals surface area contributed by atoms with Crippen LogP contribution in [0.15, 0.2) is 23.6 Å². The van der Waals surface area contributed by atoms with E-state index in [0.29, 0.717) is 6.42 Å². The molecule has 0 radical (unpaired) electrons. The number of nitrogens with one attached hydrogen (secondary N) is 1. The van der Waals surface area contributed by atoms with Gasteiger partial charge in [0.25, 0.3) is 0 Å². The highest BCUT2D eigenvalue weighted by atomic mass is 32.2.